The van der Waals surface area contributed by atoms with E-state index in [1.807, 2.05) is 13.8 Å². The number of rotatable bonds is 4. The summed E-state index contributed by atoms with van der Waals surface area (Å²) in [5, 5.41) is 19.3. The van der Waals surface area contributed by atoms with Crippen molar-refractivity contribution in [2.24, 2.45) is 0 Å². The maximum absolute atomic E-state index is 12.6. The molecule has 0 atom stereocenters. The normalized spacial score (nSPS) is 11.0. The molecule has 0 fully saturated rings. The lowest BCUT2D eigenvalue weighted by atomic mass is 10.1. The van der Waals surface area contributed by atoms with Crippen molar-refractivity contribution >= 4 is 11.2 Å². The minimum absolute atomic E-state index is 0.230. The summed E-state index contributed by atoms with van der Waals surface area (Å²) in [5.41, 5.74) is 1.57. The fraction of sp³-hybridized carbons (Fsp3) is 0.250. The van der Waals surface area contributed by atoms with Crippen molar-refractivity contribution in [3.05, 3.63) is 47.5 Å². The first-order valence-electron chi connectivity index (χ1n) is 6.62. The summed E-state index contributed by atoms with van der Waals surface area (Å²) in [6.07, 6.45) is 1.37. The van der Waals surface area contributed by atoms with Gasteiger partial charge in [-0.25, -0.2) is 0 Å². The fourth-order valence-corrected chi connectivity index (χ4v) is 3.21. The summed E-state index contributed by atoms with van der Waals surface area (Å²) in [6, 6.07) is 10.0. The molecule has 2 aromatic carbocycles. The van der Waals surface area contributed by atoms with Crippen LogP contribution in [0.4, 0.5) is 0 Å². The Labute approximate surface area is 122 Å². The summed E-state index contributed by atoms with van der Waals surface area (Å²) in [7, 11) is 0. The molecule has 0 radical (unpaired) electrons. The first-order valence-corrected chi connectivity index (χ1v) is 7.77. The lowest BCUT2D eigenvalue weighted by Gasteiger charge is -2.13. The molecule has 0 aliphatic rings. The van der Waals surface area contributed by atoms with Crippen molar-refractivity contribution in [2.75, 3.05) is 0 Å². The highest BCUT2D eigenvalue weighted by atomic mass is 32.2. The van der Waals surface area contributed by atoms with Crippen LogP contribution in [0.3, 0.4) is 0 Å². The number of benzene rings is 2. The molecule has 0 aliphatic carbocycles. The van der Waals surface area contributed by atoms with E-state index in [4.69, 9.17) is 0 Å². The Balaban J connectivity index is 2.38. The summed E-state index contributed by atoms with van der Waals surface area (Å²) < 4.78 is 12.6. The Bertz CT molecular complexity index is 557. The Hall–Kier alpha value is -1.65. The number of phenolic OH excluding ortho intramolecular Hbond substituents is 2. The number of aryl methyl sites for hydroxylation is 2. The third-order valence-electron chi connectivity index (χ3n) is 3.29. The van der Waals surface area contributed by atoms with Crippen LogP contribution < -0.4 is 0 Å². The van der Waals surface area contributed by atoms with E-state index in [2.05, 4.69) is 0 Å². The maximum Gasteiger partial charge on any atom is 0.158 e. The van der Waals surface area contributed by atoms with E-state index >= 15 is 0 Å². The van der Waals surface area contributed by atoms with Gasteiger partial charge < -0.3 is 14.8 Å². The van der Waals surface area contributed by atoms with Crippen molar-refractivity contribution in [3.63, 3.8) is 0 Å². The molecular formula is C16H18O3S. The van der Waals surface area contributed by atoms with Crippen LogP contribution in [0, 0.1) is 0 Å². The molecule has 3 nitrogen and oxygen atoms in total. The van der Waals surface area contributed by atoms with Crippen LogP contribution in [0.25, 0.3) is 0 Å². The van der Waals surface area contributed by atoms with Gasteiger partial charge in [-0.1, -0.05) is 13.8 Å². The third-order valence-corrected chi connectivity index (χ3v) is 4.66. The Morgan fingerprint density at radius 3 is 1.60 bits per heavy atom. The van der Waals surface area contributed by atoms with Crippen LogP contribution in [0.2, 0.25) is 0 Å². The lowest BCUT2D eigenvalue weighted by molar-refractivity contribution is 0.468. The summed E-state index contributed by atoms with van der Waals surface area (Å²) in [6.45, 7) is 3.88. The summed E-state index contributed by atoms with van der Waals surface area (Å²) >= 11 is -1.31. The van der Waals surface area contributed by atoms with Gasteiger partial charge in [-0.2, -0.15) is 0 Å². The number of phenols is 2. The quantitative estimate of drug-likeness (QED) is 0.848. The molecule has 2 N–H and O–H groups in total. The zero-order valence-corrected chi connectivity index (χ0v) is 12.4. The van der Waals surface area contributed by atoms with Gasteiger partial charge >= 0.3 is 0 Å². The molecule has 4 heteroatoms. The van der Waals surface area contributed by atoms with Gasteiger partial charge in [-0.15, -0.1) is 0 Å². The van der Waals surface area contributed by atoms with Crippen molar-refractivity contribution in [1.29, 1.82) is 0 Å². The van der Waals surface area contributed by atoms with E-state index in [1.165, 1.54) is 0 Å². The molecule has 0 heterocycles. The first-order chi connectivity index (χ1) is 9.56. The molecule has 0 spiro atoms. The first kappa shape index (κ1) is 14.8. The molecule has 0 saturated carbocycles. The van der Waals surface area contributed by atoms with Gasteiger partial charge in [-0.3, -0.25) is 0 Å². The smallest absolute Gasteiger partial charge is 0.158 e. The van der Waals surface area contributed by atoms with Crippen molar-refractivity contribution in [1.82, 2.24) is 0 Å². The van der Waals surface area contributed by atoms with E-state index in [1.54, 1.807) is 36.4 Å². The molecule has 0 amide bonds. The van der Waals surface area contributed by atoms with Crippen LogP contribution >= 0.6 is 0 Å². The second kappa shape index (κ2) is 6.20. The zero-order chi connectivity index (χ0) is 14.7. The van der Waals surface area contributed by atoms with Crippen LogP contribution in [0.5, 0.6) is 11.5 Å². The van der Waals surface area contributed by atoms with Gasteiger partial charge in [0, 0.05) is 23.3 Å². The van der Waals surface area contributed by atoms with E-state index in [-0.39, 0.29) is 11.5 Å². The standard InChI is InChI=1S/C16H18O3S/c1-3-11-9-13(5-7-15(11)17)20(19)14-6-8-16(18)12(4-2)10-14/h5-10,17-18H,3-4H2,1-2H3. The predicted molar refractivity (Wildman–Crippen MR) is 79.6 cm³/mol. The Kier molecular flexibility index (Phi) is 4.57. The highest BCUT2D eigenvalue weighted by molar-refractivity contribution is 7.91. The maximum atomic E-state index is 12.6. The molecule has 0 saturated heterocycles. The summed E-state index contributed by atoms with van der Waals surface area (Å²) in [5.74, 6) is 0.460. The van der Waals surface area contributed by atoms with Crippen LogP contribution in [0.15, 0.2) is 46.2 Å². The van der Waals surface area contributed by atoms with Crippen LogP contribution in [-0.4, -0.2) is 14.8 Å². The second-order valence-corrected chi connectivity index (χ2v) is 6.04. The minimum Gasteiger partial charge on any atom is -0.606 e. The molecule has 0 aromatic heterocycles. The lowest BCUT2D eigenvalue weighted by Crippen LogP contribution is -2.03. The monoisotopic (exact) mass is 290 g/mol. The van der Waals surface area contributed by atoms with E-state index in [0.29, 0.717) is 22.6 Å². The van der Waals surface area contributed by atoms with Gasteiger partial charge in [0.25, 0.3) is 0 Å². The Morgan fingerprint density at radius 2 is 1.25 bits per heavy atom. The molecule has 2 rings (SSSR count). The molecule has 106 valence electrons. The van der Waals surface area contributed by atoms with Gasteiger partial charge in [0.15, 0.2) is 9.79 Å². The largest absolute Gasteiger partial charge is 0.606 e. The molecule has 2 aromatic rings. The molecule has 0 unspecified atom stereocenters. The zero-order valence-electron chi connectivity index (χ0n) is 11.6. The molecule has 20 heavy (non-hydrogen) atoms. The second-order valence-electron chi connectivity index (χ2n) is 4.56. The molecule has 0 aliphatic heterocycles. The third kappa shape index (κ3) is 2.92. The van der Waals surface area contributed by atoms with Gasteiger partial charge in [0.1, 0.15) is 11.5 Å². The molecule has 0 bridgehead atoms. The van der Waals surface area contributed by atoms with E-state index in [0.717, 1.165) is 11.1 Å². The van der Waals surface area contributed by atoms with Gasteiger partial charge in [-0.05, 0) is 48.2 Å². The highest BCUT2D eigenvalue weighted by Crippen LogP contribution is 2.29. The number of aromatic hydroxyl groups is 2. The summed E-state index contributed by atoms with van der Waals surface area (Å²) in [4.78, 5) is 1.32. The van der Waals surface area contributed by atoms with Gasteiger partial charge in [0.05, 0.1) is 0 Å². The van der Waals surface area contributed by atoms with Crippen molar-refractivity contribution in [3.8, 4) is 11.5 Å². The SMILES string of the molecule is CCc1cc([S+]([O-])c2ccc(O)c(CC)c2)ccc1O. The number of hydrogen-bond donors (Lipinski definition) is 2. The van der Waals surface area contributed by atoms with Crippen molar-refractivity contribution in [2.45, 2.75) is 36.5 Å². The minimum atomic E-state index is -1.31. The molecular weight excluding hydrogens is 272 g/mol. The van der Waals surface area contributed by atoms with Gasteiger partial charge in [0.2, 0.25) is 0 Å². The van der Waals surface area contributed by atoms with Crippen LogP contribution in [0.1, 0.15) is 25.0 Å². The highest BCUT2D eigenvalue weighted by Gasteiger charge is 2.17. The fourth-order valence-electron chi connectivity index (χ4n) is 2.06. The average molecular weight is 290 g/mol. The Morgan fingerprint density at radius 1 is 0.850 bits per heavy atom. The average Bonchev–Trinajstić information content (AvgIpc) is 2.47. The van der Waals surface area contributed by atoms with Crippen molar-refractivity contribution < 1.29 is 14.8 Å². The topological polar surface area (TPSA) is 63.5 Å². The van der Waals surface area contributed by atoms with Crippen LogP contribution in [-0.2, 0) is 24.0 Å². The number of hydrogen-bond acceptors (Lipinski definition) is 3. The van der Waals surface area contributed by atoms with E-state index < -0.39 is 11.2 Å². The predicted octanol–water partition coefficient (Wildman–Crippen LogP) is 3.39. The van der Waals surface area contributed by atoms with E-state index in [9.17, 15) is 14.8 Å².